The zero-order chi connectivity index (χ0) is 13.7. The van der Waals surface area contributed by atoms with Gasteiger partial charge in [0.05, 0.1) is 0 Å². The average Bonchev–Trinajstić information content (AvgIpc) is 3.05. The fourth-order valence-electron chi connectivity index (χ4n) is 4.33. The maximum absolute atomic E-state index is 11.8. The number of carboxylic acids is 1. The molecule has 5 heteroatoms. The molecule has 1 aromatic rings. The fraction of sp³-hybridized carbons (Fsp3) is 0.667. The Hall–Kier alpha value is -0.910. The van der Waals surface area contributed by atoms with Gasteiger partial charge < -0.3 is 10.0 Å². The molecule has 1 aromatic heterocycles. The zero-order valence-corrected chi connectivity index (χ0v) is 12.3. The van der Waals surface area contributed by atoms with Crippen LogP contribution in [0.15, 0.2) is 11.4 Å². The van der Waals surface area contributed by atoms with Crippen molar-refractivity contribution in [3.8, 4) is 0 Å². The molecule has 3 aliphatic heterocycles. The van der Waals surface area contributed by atoms with Gasteiger partial charge in [0.2, 0.25) is 0 Å². The first-order chi connectivity index (χ1) is 9.74. The minimum absolute atomic E-state index is 0.415. The minimum atomic E-state index is -0.676. The van der Waals surface area contributed by atoms with E-state index in [2.05, 4.69) is 9.80 Å². The standard InChI is InChI=1S/C15H20N2O2S/c18-15(19)14-11-4-8-20-13(11)3-7-17(14)12-2-6-16-5-1-10(12)9-16/h4,8,10,12,14H,1-3,5-7,9H2,(H,18,19). The SMILES string of the molecule is O=C(O)C1c2ccsc2CCN1C1CCN2CCC1C2. The molecule has 4 heterocycles. The van der Waals surface area contributed by atoms with Crippen LogP contribution in [0.5, 0.6) is 0 Å². The molecule has 108 valence electrons. The van der Waals surface area contributed by atoms with Crippen LogP contribution in [0.2, 0.25) is 0 Å². The molecule has 4 atom stereocenters. The van der Waals surface area contributed by atoms with E-state index in [9.17, 15) is 9.90 Å². The first-order valence-electron chi connectivity index (χ1n) is 7.51. The van der Waals surface area contributed by atoms with Gasteiger partial charge in [-0.2, -0.15) is 0 Å². The molecule has 20 heavy (non-hydrogen) atoms. The topological polar surface area (TPSA) is 43.8 Å². The smallest absolute Gasteiger partial charge is 0.325 e. The summed E-state index contributed by atoms with van der Waals surface area (Å²) in [7, 11) is 0. The van der Waals surface area contributed by atoms with E-state index in [1.807, 2.05) is 11.4 Å². The summed E-state index contributed by atoms with van der Waals surface area (Å²) in [6, 6.07) is 2.07. The van der Waals surface area contributed by atoms with Crippen molar-refractivity contribution in [2.45, 2.75) is 31.3 Å². The van der Waals surface area contributed by atoms with Crippen molar-refractivity contribution in [3.05, 3.63) is 21.9 Å². The van der Waals surface area contributed by atoms with Crippen LogP contribution in [-0.2, 0) is 11.2 Å². The Morgan fingerprint density at radius 2 is 2.15 bits per heavy atom. The summed E-state index contributed by atoms with van der Waals surface area (Å²) >= 11 is 1.71. The summed E-state index contributed by atoms with van der Waals surface area (Å²) < 4.78 is 0. The van der Waals surface area contributed by atoms with E-state index in [1.165, 1.54) is 24.4 Å². The lowest BCUT2D eigenvalue weighted by Crippen LogP contribution is -2.51. The average molecular weight is 292 g/mol. The second-order valence-corrected chi connectivity index (χ2v) is 7.23. The highest BCUT2D eigenvalue weighted by Gasteiger charge is 2.43. The van der Waals surface area contributed by atoms with Crippen LogP contribution in [0.1, 0.15) is 29.3 Å². The van der Waals surface area contributed by atoms with Gasteiger partial charge in [-0.15, -0.1) is 11.3 Å². The Morgan fingerprint density at radius 3 is 3.00 bits per heavy atom. The van der Waals surface area contributed by atoms with Gasteiger partial charge in [-0.1, -0.05) is 0 Å². The number of aliphatic carboxylic acids is 1. The number of fused-ring (bicyclic) bond motifs is 3. The molecule has 0 aromatic carbocycles. The van der Waals surface area contributed by atoms with Crippen LogP contribution < -0.4 is 0 Å². The third-order valence-corrected chi connectivity index (χ3v) is 6.25. The summed E-state index contributed by atoms with van der Waals surface area (Å²) in [4.78, 5) is 17.9. The maximum Gasteiger partial charge on any atom is 0.325 e. The lowest BCUT2D eigenvalue weighted by molar-refractivity contribution is -0.146. The number of piperidine rings is 1. The van der Waals surface area contributed by atoms with Gasteiger partial charge in [0.1, 0.15) is 6.04 Å². The Morgan fingerprint density at radius 1 is 1.30 bits per heavy atom. The predicted molar refractivity (Wildman–Crippen MR) is 78.1 cm³/mol. The van der Waals surface area contributed by atoms with Gasteiger partial charge in [-0.25, -0.2) is 0 Å². The molecule has 4 rings (SSSR count). The number of hydrogen-bond acceptors (Lipinski definition) is 4. The van der Waals surface area contributed by atoms with Crippen molar-refractivity contribution in [1.29, 1.82) is 0 Å². The van der Waals surface area contributed by atoms with Gasteiger partial charge in [-0.3, -0.25) is 9.69 Å². The highest BCUT2D eigenvalue weighted by atomic mass is 32.1. The van der Waals surface area contributed by atoms with Crippen molar-refractivity contribution in [2.24, 2.45) is 5.92 Å². The number of carbonyl (C=O) groups is 1. The minimum Gasteiger partial charge on any atom is -0.480 e. The number of rotatable bonds is 2. The van der Waals surface area contributed by atoms with Crippen molar-refractivity contribution >= 4 is 17.3 Å². The van der Waals surface area contributed by atoms with Gasteiger partial charge in [0, 0.05) is 24.0 Å². The molecule has 1 N–H and O–H groups in total. The summed E-state index contributed by atoms with van der Waals surface area (Å²) in [5.41, 5.74) is 1.05. The molecular weight excluding hydrogens is 272 g/mol. The quantitative estimate of drug-likeness (QED) is 0.903. The predicted octanol–water partition coefficient (Wildman–Crippen LogP) is 1.83. The van der Waals surface area contributed by atoms with E-state index in [-0.39, 0.29) is 0 Å². The molecule has 0 amide bonds. The van der Waals surface area contributed by atoms with Crippen LogP contribution in [0, 0.1) is 5.92 Å². The molecular formula is C15H20N2O2S. The normalized spacial score (nSPS) is 36.8. The highest BCUT2D eigenvalue weighted by Crippen LogP contribution is 2.40. The second-order valence-electron chi connectivity index (χ2n) is 6.23. The van der Waals surface area contributed by atoms with Gasteiger partial charge in [0.25, 0.3) is 0 Å². The molecule has 0 aliphatic carbocycles. The van der Waals surface area contributed by atoms with E-state index in [1.54, 1.807) is 11.3 Å². The number of carboxylic acid groups (broad SMARTS) is 1. The van der Waals surface area contributed by atoms with Crippen LogP contribution in [0.25, 0.3) is 0 Å². The fourth-order valence-corrected chi connectivity index (χ4v) is 5.24. The van der Waals surface area contributed by atoms with E-state index in [0.717, 1.165) is 31.5 Å². The third-order valence-electron chi connectivity index (χ3n) is 5.26. The van der Waals surface area contributed by atoms with E-state index < -0.39 is 12.0 Å². The van der Waals surface area contributed by atoms with Crippen LogP contribution in [-0.4, -0.2) is 53.1 Å². The lowest BCUT2D eigenvalue weighted by Gasteiger charge is -2.43. The first kappa shape index (κ1) is 12.8. The summed E-state index contributed by atoms with van der Waals surface area (Å²) in [6.07, 6.45) is 3.39. The van der Waals surface area contributed by atoms with Crippen molar-refractivity contribution in [2.75, 3.05) is 26.2 Å². The summed E-state index contributed by atoms with van der Waals surface area (Å²) in [5, 5.41) is 11.8. The zero-order valence-electron chi connectivity index (χ0n) is 11.5. The molecule has 2 saturated heterocycles. The number of nitrogens with zero attached hydrogens (tertiary/aromatic N) is 2. The van der Waals surface area contributed by atoms with Crippen LogP contribution in [0.4, 0.5) is 0 Å². The molecule has 4 nitrogen and oxygen atoms in total. The molecule has 0 radical (unpaired) electrons. The number of thiophene rings is 1. The van der Waals surface area contributed by atoms with E-state index in [4.69, 9.17) is 0 Å². The molecule has 0 saturated carbocycles. The molecule has 4 unspecified atom stereocenters. The van der Waals surface area contributed by atoms with Gasteiger partial charge in [-0.05, 0) is 55.3 Å². The Kier molecular flexibility index (Phi) is 3.09. The largest absolute Gasteiger partial charge is 0.480 e. The third kappa shape index (κ3) is 1.91. The number of hydrogen-bond donors (Lipinski definition) is 1. The van der Waals surface area contributed by atoms with Crippen LogP contribution in [0.3, 0.4) is 0 Å². The van der Waals surface area contributed by atoms with Crippen molar-refractivity contribution in [1.82, 2.24) is 9.80 Å². The Labute approximate surface area is 123 Å². The Balaban J connectivity index is 1.65. The monoisotopic (exact) mass is 292 g/mol. The molecule has 2 bridgehead atoms. The highest BCUT2D eigenvalue weighted by molar-refractivity contribution is 7.10. The van der Waals surface area contributed by atoms with Crippen molar-refractivity contribution < 1.29 is 9.90 Å². The second kappa shape index (κ2) is 4.83. The first-order valence-corrected chi connectivity index (χ1v) is 8.39. The Bertz CT molecular complexity index is 530. The molecule has 3 aliphatic rings. The van der Waals surface area contributed by atoms with Gasteiger partial charge in [0.15, 0.2) is 0 Å². The van der Waals surface area contributed by atoms with E-state index in [0.29, 0.717) is 12.0 Å². The van der Waals surface area contributed by atoms with E-state index >= 15 is 0 Å². The van der Waals surface area contributed by atoms with Gasteiger partial charge >= 0.3 is 5.97 Å². The molecule has 0 spiro atoms. The summed E-state index contributed by atoms with van der Waals surface area (Å²) in [5.74, 6) is -0.00411. The molecule has 2 fully saturated rings. The summed E-state index contributed by atoms with van der Waals surface area (Å²) in [6.45, 7) is 4.42. The van der Waals surface area contributed by atoms with Crippen LogP contribution >= 0.6 is 11.3 Å². The lowest BCUT2D eigenvalue weighted by atomic mass is 9.88. The maximum atomic E-state index is 11.8. The van der Waals surface area contributed by atoms with Crippen molar-refractivity contribution in [3.63, 3.8) is 0 Å².